The first-order valence-electron chi connectivity index (χ1n) is 7.83. The van der Waals surface area contributed by atoms with Crippen LogP contribution in [0.5, 0.6) is 0 Å². The summed E-state index contributed by atoms with van der Waals surface area (Å²) in [7, 11) is 0. The van der Waals surface area contributed by atoms with Crippen molar-refractivity contribution in [1.29, 1.82) is 0 Å². The van der Waals surface area contributed by atoms with Crippen molar-refractivity contribution in [1.82, 2.24) is 15.1 Å². The number of rotatable bonds is 3. The maximum Gasteiger partial charge on any atom is 0.248 e. The van der Waals surface area contributed by atoms with E-state index in [1.165, 1.54) is 6.33 Å². The molecular formula is C16H21N5O3. The highest BCUT2D eigenvalue weighted by atomic mass is 16.5. The Balaban J connectivity index is 1.75. The van der Waals surface area contributed by atoms with E-state index in [0.717, 1.165) is 0 Å². The SMILES string of the molecule is CC(C)(C)c1cc(NC(=O)C2CC(O)CN2c2ccncn2)no1. The summed E-state index contributed by atoms with van der Waals surface area (Å²) in [6, 6.07) is 2.91. The highest BCUT2D eigenvalue weighted by Gasteiger charge is 2.37. The fourth-order valence-electron chi connectivity index (χ4n) is 2.67. The van der Waals surface area contributed by atoms with E-state index < -0.39 is 12.1 Å². The molecule has 0 saturated carbocycles. The highest BCUT2D eigenvalue weighted by Crippen LogP contribution is 2.27. The van der Waals surface area contributed by atoms with Crippen LogP contribution in [0.1, 0.15) is 33.0 Å². The molecular weight excluding hydrogens is 310 g/mol. The van der Waals surface area contributed by atoms with Gasteiger partial charge in [0.25, 0.3) is 0 Å². The number of carbonyl (C=O) groups is 1. The summed E-state index contributed by atoms with van der Waals surface area (Å²) in [5.41, 5.74) is -0.188. The van der Waals surface area contributed by atoms with Crippen LogP contribution in [-0.4, -0.2) is 44.8 Å². The maximum atomic E-state index is 12.6. The third-order valence-corrected chi connectivity index (χ3v) is 3.94. The molecule has 1 amide bonds. The first-order chi connectivity index (χ1) is 11.3. The van der Waals surface area contributed by atoms with Crippen LogP contribution < -0.4 is 10.2 Å². The Kier molecular flexibility index (Phi) is 4.23. The number of hydrogen-bond donors (Lipinski definition) is 2. The summed E-state index contributed by atoms with van der Waals surface area (Å²) >= 11 is 0. The predicted octanol–water partition coefficient (Wildman–Crippen LogP) is 1.34. The minimum atomic E-state index is -0.585. The van der Waals surface area contributed by atoms with Gasteiger partial charge in [0.15, 0.2) is 5.82 Å². The number of anilines is 2. The molecule has 2 aromatic rings. The van der Waals surface area contributed by atoms with E-state index in [4.69, 9.17) is 4.52 Å². The molecule has 8 nitrogen and oxygen atoms in total. The largest absolute Gasteiger partial charge is 0.391 e. The van der Waals surface area contributed by atoms with Crippen molar-refractivity contribution in [3.05, 3.63) is 30.4 Å². The van der Waals surface area contributed by atoms with Crippen LogP contribution in [-0.2, 0) is 10.2 Å². The van der Waals surface area contributed by atoms with Gasteiger partial charge in [-0.15, -0.1) is 0 Å². The molecule has 1 fully saturated rings. The molecule has 1 saturated heterocycles. The first kappa shape index (κ1) is 16.4. The van der Waals surface area contributed by atoms with Crippen molar-refractivity contribution in [2.75, 3.05) is 16.8 Å². The Bertz CT molecular complexity index is 710. The van der Waals surface area contributed by atoms with E-state index in [2.05, 4.69) is 20.4 Å². The van der Waals surface area contributed by atoms with E-state index in [1.807, 2.05) is 20.8 Å². The number of aliphatic hydroxyl groups is 1. The van der Waals surface area contributed by atoms with Crippen molar-refractivity contribution in [3.63, 3.8) is 0 Å². The average Bonchev–Trinajstić information content (AvgIpc) is 3.14. The van der Waals surface area contributed by atoms with Gasteiger partial charge < -0.3 is 19.8 Å². The molecule has 0 spiro atoms. The Hall–Kier alpha value is -2.48. The highest BCUT2D eigenvalue weighted by molar-refractivity contribution is 5.96. The van der Waals surface area contributed by atoms with Crippen molar-refractivity contribution < 1.29 is 14.4 Å². The summed E-state index contributed by atoms with van der Waals surface area (Å²) in [4.78, 5) is 22.4. The molecule has 8 heteroatoms. The molecule has 128 valence electrons. The van der Waals surface area contributed by atoms with Crippen molar-refractivity contribution in [2.24, 2.45) is 0 Å². The standard InChI is InChI=1S/C16H21N5O3/c1-16(2,3)12-7-13(20-24-12)19-15(23)11-6-10(22)8-21(11)14-4-5-17-9-18-14/h4-5,7,9-11,22H,6,8H2,1-3H3,(H,19,20,23). The van der Waals surface area contributed by atoms with Crippen LogP contribution >= 0.6 is 0 Å². The third-order valence-electron chi connectivity index (χ3n) is 3.94. The second kappa shape index (κ2) is 6.20. The third kappa shape index (κ3) is 3.38. The lowest BCUT2D eigenvalue weighted by atomic mass is 9.93. The molecule has 2 N–H and O–H groups in total. The molecule has 24 heavy (non-hydrogen) atoms. The normalized spacial score (nSPS) is 21.1. The van der Waals surface area contributed by atoms with Gasteiger partial charge in [0.05, 0.1) is 6.10 Å². The fraction of sp³-hybridized carbons (Fsp3) is 0.500. The van der Waals surface area contributed by atoms with Crippen molar-refractivity contribution in [3.8, 4) is 0 Å². The number of amides is 1. The lowest BCUT2D eigenvalue weighted by Crippen LogP contribution is -2.40. The zero-order valence-electron chi connectivity index (χ0n) is 13.9. The topological polar surface area (TPSA) is 104 Å². The Morgan fingerprint density at radius 3 is 2.88 bits per heavy atom. The summed E-state index contributed by atoms with van der Waals surface area (Å²) < 4.78 is 5.28. The van der Waals surface area contributed by atoms with Gasteiger partial charge in [-0.1, -0.05) is 25.9 Å². The van der Waals surface area contributed by atoms with Crippen LogP contribution in [0, 0.1) is 0 Å². The summed E-state index contributed by atoms with van der Waals surface area (Å²) in [6.07, 6.45) is 2.77. The number of aromatic nitrogens is 3. The van der Waals surface area contributed by atoms with E-state index in [0.29, 0.717) is 30.4 Å². The van der Waals surface area contributed by atoms with Gasteiger partial charge in [0.2, 0.25) is 5.91 Å². The lowest BCUT2D eigenvalue weighted by molar-refractivity contribution is -0.117. The smallest absolute Gasteiger partial charge is 0.248 e. The number of hydrogen-bond acceptors (Lipinski definition) is 7. The van der Waals surface area contributed by atoms with Gasteiger partial charge in [-0.25, -0.2) is 9.97 Å². The summed E-state index contributed by atoms with van der Waals surface area (Å²) in [6.45, 7) is 6.36. The van der Waals surface area contributed by atoms with Gasteiger partial charge in [-0.2, -0.15) is 0 Å². The Labute approximate surface area is 139 Å². The lowest BCUT2D eigenvalue weighted by Gasteiger charge is -2.23. The van der Waals surface area contributed by atoms with Crippen LogP contribution in [0.2, 0.25) is 0 Å². The Morgan fingerprint density at radius 1 is 1.46 bits per heavy atom. The number of aliphatic hydroxyl groups excluding tert-OH is 1. The Morgan fingerprint density at radius 2 is 2.25 bits per heavy atom. The predicted molar refractivity (Wildman–Crippen MR) is 87.6 cm³/mol. The van der Waals surface area contributed by atoms with Gasteiger partial charge in [-0.05, 0) is 6.07 Å². The van der Waals surface area contributed by atoms with Gasteiger partial charge in [0, 0.05) is 30.6 Å². The van der Waals surface area contributed by atoms with Crippen molar-refractivity contribution in [2.45, 2.75) is 44.8 Å². The fourth-order valence-corrected chi connectivity index (χ4v) is 2.67. The quantitative estimate of drug-likeness (QED) is 0.874. The number of nitrogens with zero attached hydrogens (tertiary/aromatic N) is 4. The molecule has 0 radical (unpaired) electrons. The second-order valence-corrected chi connectivity index (χ2v) is 6.94. The molecule has 2 unspecified atom stereocenters. The van der Waals surface area contributed by atoms with Gasteiger partial charge in [-0.3, -0.25) is 4.79 Å². The molecule has 0 aliphatic carbocycles. The molecule has 2 aromatic heterocycles. The maximum absolute atomic E-state index is 12.6. The van der Waals surface area contributed by atoms with Crippen molar-refractivity contribution >= 4 is 17.5 Å². The number of carbonyl (C=O) groups excluding carboxylic acids is 1. The molecule has 3 heterocycles. The molecule has 1 aliphatic rings. The van der Waals surface area contributed by atoms with E-state index in [1.54, 1.807) is 23.2 Å². The van der Waals surface area contributed by atoms with Gasteiger partial charge in [0.1, 0.15) is 23.9 Å². The molecule has 1 aliphatic heterocycles. The van der Waals surface area contributed by atoms with Crippen LogP contribution in [0.3, 0.4) is 0 Å². The van der Waals surface area contributed by atoms with Crippen LogP contribution in [0.15, 0.2) is 29.2 Å². The van der Waals surface area contributed by atoms with E-state index in [-0.39, 0.29) is 11.3 Å². The summed E-state index contributed by atoms with van der Waals surface area (Å²) in [5.74, 6) is 1.42. The molecule has 0 aromatic carbocycles. The first-order valence-corrected chi connectivity index (χ1v) is 7.83. The van der Waals surface area contributed by atoms with Crippen LogP contribution in [0.4, 0.5) is 11.6 Å². The molecule has 3 rings (SSSR count). The zero-order valence-corrected chi connectivity index (χ0v) is 13.9. The molecule has 0 bridgehead atoms. The number of nitrogens with one attached hydrogen (secondary N) is 1. The monoisotopic (exact) mass is 331 g/mol. The summed E-state index contributed by atoms with van der Waals surface area (Å²) in [5, 5.41) is 16.6. The minimum Gasteiger partial charge on any atom is -0.391 e. The minimum absolute atomic E-state index is 0.188. The molecule has 2 atom stereocenters. The van der Waals surface area contributed by atoms with Gasteiger partial charge >= 0.3 is 0 Å². The van der Waals surface area contributed by atoms with E-state index in [9.17, 15) is 9.90 Å². The second-order valence-electron chi connectivity index (χ2n) is 6.94. The van der Waals surface area contributed by atoms with Crippen LogP contribution in [0.25, 0.3) is 0 Å². The average molecular weight is 331 g/mol. The number of β-amino-alcohol motifs (C(OH)–C–C–N with tert-alkyl or cyclic N) is 1. The van der Waals surface area contributed by atoms with E-state index >= 15 is 0 Å². The zero-order chi connectivity index (χ0) is 17.3.